The van der Waals surface area contributed by atoms with Crippen molar-refractivity contribution in [2.45, 2.75) is 30.3 Å². The van der Waals surface area contributed by atoms with Crippen molar-refractivity contribution in [3.63, 3.8) is 0 Å². The average Bonchev–Trinajstić information content (AvgIpc) is 3.21. The van der Waals surface area contributed by atoms with Crippen LogP contribution in [0.2, 0.25) is 5.02 Å². The van der Waals surface area contributed by atoms with E-state index < -0.39 is 5.25 Å². The molecule has 33 heavy (non-hydrogen) atoms. The Morgan fingerprint density at radius 2 is 1.91 bits per heavy atom. The molecule has 2 heterocycles. The topological polar surface area (TPSA) is 89.4 Å². The second-order valence-corrected chi connectivity index (χ2v) is 9.71. The highest BCUT2D eigenvalue weighted by Gasteiger charge is 2.26. The molecule has 1 aromatic heterocycles. The third kappa shape index (κ3) is 4.90. The molecule has 10 heteroatoms. The number of ketones is 1. The van der Waals surface area contributed by atoms with Crippen LogP contribution in [-0.2, 0) is 4.79 Å². The Morgan fingerprint density at radius 3 is 2.61 bits per heavy atom. The summed E-state index contributed by atoms with van der Waals surface area (Å²) in [6, 6.07) is 12.5. The zero-order valence-electron chi connectivity index (χ0n) is 18.7. The number of nitrogens with one attached hydrogen (secondary N) is 1. The first-order valence-corrected chi connectivity index (χ1v) is 11.7. The van der Waals surface area contributed by atoms with Gasteiger partial charge in [0.1, 0.15) is 5.75 Å². The molecule has 0 aliphatic carbocycles. The number of halogens is 1. The molecule has 1 N–H and O–H groups in total. The van der Waals surface area contributed by atoms with Crippen molar-refractivity contribution in [1.82, 2.24) is 19.7 Å². The molecule has 0 saturated heterocycles. The monoisotopic (exact) mass is 485 g/mol. The summed E-state index contributed by atoms with van der Waals surface area (Å²) in [7, 11) is 3.95. The van der Waals surface area contributed by atoms with Crippen LogP contribution in [0.15, 0.2) is 47.6 Å². The van der Waals surface area contributed by atoms with E-state index in [4.69, 9.17) is 16.3 Å². The number of Topliss-reactive ketones (excluding diaryl/α,β-unsaturated/α-hetero) is 1. The number of nitrogens with zero attached hydrogens (tertiary/aromatic N) is 4. The molecule has 172 valence electrons. The molecule has 3 aromatic rings. The maximum atomic E-state index is 13.2. The van der Waals surface area contributed by atoms with E-state index in [1.54, 1.807) is 18.2 Å². The number of rotatable bonds is 7. The summed E-state index contributed by atoms with van der Waals surface area (Å²) in [5.74, 6) is 0.984. The van der Waals surface area contributed by atoms with Crippen LogP contribution in [-0.4, -0.2) is 57.3 Å². The molecule has 0 spiro atoms. The number of anilines is 1. The van der Waals surface area contributed by atoms with Crippen molar-refractivity contribution in [3.8, 4) is 11.4 Å². The van der Waals surface area contributed by atoms with E-state index in [1.165, 1.54) is 11.8 Å². The summed E-state index contributed by atoms with van der Waals surface area (Å²) in [4.78, 5) is 26.9. The van der Waals surface area contributed by atoms with Crippen molar-refractivity contribution >= 4 is 40.7 Å². The summed E-state index contributed by atoms with van der Waals surface area (Å²) >= 11 is 7.41. The van der Waals surface area contributed by atoms with Crippen LogP contribution in [0, 0.1) is 0 Å². The number of ether oxygens (including phenoxy) is 1. The zero-order valence-corrected chi connectivity index (χ0v) is 20.3. The van der Waals surface area contributed by atoms with Gasteiger partial charge >= 0.3 is 0 Å². The SMILES string of the molecule is CC(Sc1nnc(C(C)N(C)C)n1-c1ccc(Cl)cc1)C(=O)c1ccc2c(c1)NC(=O)CO2. The van der Waals surface area contributed by atoms with Crippen molar-refractivity contribution in [3.05, 3.63) is 58.9 Å². The zero-order chi connectivity index (χ0) is 23.7. The third-order valence-electron chi connectivity index (χ3n) is 5.44. The number of carbonyl (C=O) groups is 2. The number of amides is 1. The molecule has 2 aromatic carbocycles. The molecule has 0 fully saturated rings. The van der Waals surface area contributed by atoms with Gasteiger partial charge in [-0.1, -0.05) is 23.4 Å². The Kier molecular flexibility index (Phi) is 6.73. The van der Waals surface area contributed by atoms with Gasteiger partial charge in [-0.3, -0.25) is 19.1 Å². The first-order chi connectivity index (χ1) is 15.7. The molecule has 0 bridgehead atoms. The highest BCUT2D eigenvalue weighted by Crippen LogP contribution is 2.33. The van der Waals surface area contributed by atoms with Gasteiger partial charge in [-0.05, 0) is 70.4 Å². The van der Waals surface area contributed by atoms with Crippen molar-refractivity contribution in [2.75, 3.05) is 26.0 Å². The van der Waals surface area contributed by atoms with Crippen LogP contribution in [0.5, 0.6) is 5.75 Å². The molecule has 2 unspecified atom stereocenters. The molecule has 0 saturated carbocycles. The lowest BCUT2D eigenvalue weighted by Gasteiger charge is -2.21. The van der Waals surface area contributed by atoms with E-state index >= 15 is 0 Å². The number of thioether (sulfide) groups is 1. The van der Waals surface area contributed by atoms with E-state index in [2.05, 4.69) is 15.5 Å². The molecule has 2 atom stereocenters. The van der Waals surface area contributed by atoms with E-state index in [9.17, 15) is 9.59 Å². The molecule has 1 aliphatic heterocycles. The van der Waals surface area contributed by atoms with Crippen LogP contribution in [0.25, 0.3) is 5.69 Å². The van der Waals surface area contributed by atoms with Gasteiger partial charge in [-0.15, -0.1) is 10.2 Å². The predicted molar refractivity (Wildman–Crippen MR) is 129 cm³/mol. The lowest BCUT2D eigenvalue weighted by atomic mass is 10.1. The fourth-order valence-electron chi connectivity index (χ4n) is 3.37. The summed E-state index contributed by atoms with van der Waals surface area (Å²) in [5, 5.41) is 12.4. The highest BCUT2D eigenvalue weighted by atomic mass is 35.5. The number of hydrogen-bond donors (Lipinski definition) is 1. The third-order valence-corrected chi connectivity index (χ3v) is 6.73. The molecule has 0 radical (unpaired) electrons. The minimum atomic E-state index is -0.443. The Balaban J connectivity index is 1.63. The van der Waals surface area contributed by atoms with Crippen LogP contribution in [0.1, 0.15) is 36.1 Å². The number of benzene rings is 2. The lowest BCUT2D eigenvalue weighted by molar-refractivity contribution is -0.118. The Bertz CT molecular complexity index is 1200. The van der Waals surface area contributed by atoms with Crippen molar-refractivity contribution in [2.24, 2.45) is 0 Å². The van der Waals surface area contributed by atoms with Crippen molar-refractivity contribution < 1.29 is 14.3 Å². The second-order valence-electron chi connectivity index (χ2n) is 7.96. The second kappa shape index (κ2) is 9.54. The van der Waals surface area contributed by atoms with E-state index in [1.807, 2.05) is 61.7 Å². The minimum Gasteiger partial charge on any atom is -0.482 e. The molecule has 1 aliphatic rings. The van der Waals surface area contributed by atoms with Crippen LogP contribution >= 0.6 is 23.4 Å². The number of carbonyl (C=O) groups excluding carboxylic acids is 2. The average molecular weight is 486 g/mol. The molecular weight excluding hydrogens is 462 g/mol. The quantitative estimate of drug-likeness (QED) is 0.395. The summed E-state index contributed by atoms with van der Waals surface area (Å²) in [5.41, 5.74) is 1.85. The van der Waals surface area contributed by atoms with Crippen molar-refractivity contribution in [1.29, 1.82) is 0 Å². The van der Waals surface area contributed by atoms with Crippen LogP contribution in [0.3, 0.4) is 0 Å². The van der Waals surface area contributed by atoms with Gasteiger partial charge in [0.25, 0.3) is 5.91 Å². The molecule has 8 nitrogen and oxygen atoms in total. The normalized spacial score (nSPS) is 14.9. The first-order valence-electron chi connectivity index (χ1n) is 10.4. The number of hydrogen-bond acceptors (Lipinski definition) is 7. The Labute approximate surface area is 201 Å². The van der Waals surface area contributed by atoms with Gasteiger partial charge in [0.05, 0.1) is 17.0 Å². The van der Waals surface area contributed by atoms with E-state index in [0.717, 1.165) is 11.5 Å². The van der Waals surface area contributed by atoms with Gasteiger partial charge in [0, 0.05) is 16.3 Å². The van der Waals surface area contributed by atoms with Crippen LogP contribution < -0.4 is 10.1 Å². The fraction of sp³-hybridized carbons (Fsp3) is 0.304. The molecular formula is C23H24ClN5O3S. The largest absolute Gasteiger partial charge is 0.482 e. The van der Waals surface area contributed by atoms with E-state index in [-0.39, 0.29) is 24.3 Å². The van der Waals surface area contributed by atoms with E-state index in [0.29, 0.717) is 27.2 Å². The number of fused-ring (bicyclic) bond motifs is 1. The lowest BCUT2D eigenvalue weighted by Crippen LogP contribution is -2.26. The van der Waals surface area contributed by atoms with Gasteiger partial charge in [0.15, 0.2) is 23.4 Å². The van der Waals surface area contributed by atoms with Gasteiger partial charge in [-0.2, -0.15) is 0 Å². The Hall–Kier alpha value is -2.88. The smallest absolute Gasteiger partial charge is 0.262 e. The maximum absolute atomic E-state index is 13.2. The first kappa shape index (κ1) is 23.3. The maximum Gasteiger partial charge on any atom is 0.262 e. The summed E-state index contributed by atoms with van der Waals surface area (Å²) < 4.78 is 7.34. The Morgan fingerprint density at radius 1 is 1.18 bits per heavy atom. The van der Waals surface area contributed by atoms with Gasteiger partial charge in [-0.25, -0.2) is 0 Å². The standard InChI is InChI=1S/C23H24ClN5O3S/c1-13(28(3)4)22-26-27-23(29(22)17-8-6-16(24)7-9-17)33-14(2)21(31)15-5-10-19-18(11-15)25-20(30)12-32-19/h5-11,13-14H,12H2,1-4H3,(H,25,30). The van der Waals surface area contributed by atoms with Gasteiger partial charge in [0.2, 0.25) is 0 Å². The summed E-state index contributed by atoms with van der Waals surface area (Å²) in [6.45, 7) is 3.85. The van der Waals surface area contributed by atoms with Gasteiger partial charge < -0.3 is 10.1 Å². The fourth-order valence-corrected chi connectivity index (χ4v) is 4.45. The molecule has 4 rings (SSSR count). The molecule has 1 amide bonds. The predicted octanol–water partition coefficient (Wildman–Crippen LogP) is 4.24. The summed E-state index contributed by atoms with van der Waals surface area (Å²) in [6.07, 6.45) is 0. The number of aromatic nitrogens is 3. The van der Waals surface area contributed by atoms with Crippen LogP contribution in [0.4, 0.5) is 5.69 Å². The minimum absolute atomic E-state index is 0.00204. The highest BCUT2D eigenvalue weighted by molar-refractivity contribution is 8.00.